The van der Waals surface area contributed by atoms with Gasteiger partial charge >= 0.3 is 0 Å². The molecule has 0 aliphatic heterocycles. The highest BCUT2D eigenvalue weighted by Crippen LogP contribution is 2.04. The highest BCUT2D eigenvalue weighted by Gasteiger charge is 2.01. The van der Waals surface area contributed by atoms with Crippen molar-refractivity contribution in [2.24, 2.45) is 0 Å². The fourth-order valence-corrected chi connectivity index (χ4v) is 1.68. The second kappa shape index (κ2) is 1.98. The molecular formula is C12H7. The van der Waals surface area contributed by atoms with Crippen molar-refractivity contribution in [3.8, 4) is 0 Å². The van der Waals surface area contributed by atoms with E-state index in [1.165, 1.54) is 21.6 Å². The number of hydrogen-bond donors (Lipinski definition) is 0. The third-order valence-electron chi connectivity index (χ3n) is 2.31. The van der Waals surface area contributed by atoms with E-state index in [0.29, 0.717) is 0 Å². The van der Waals surface area contributed by atoms with Crippen LogP contribution in [0.5, 0.6) is 0 Å². The lowest BCUT2D eigenvalue weighted by Gasteiger charge is -1.94. The molecule has 0 amide bonds. The largest absolute Gasteiger partial charge is 0.0610 e. The van der Waals surface area contributed by atoms with Gasteiger partial charge in [-0.2, -0.15) is 0 Å². The Morgan fingerprint density at radius 3 is 3.00 bits per heavy atom. The molecule has 0 nitrogen and oxygen atoms in total. The average molecular weight is 151 g/mol. The first-order valence-corrected chi connectivity index (χ1v) is 4.06. The van der Waals surface area contributed by atoms with Crippen LogP contribution in [-0.2, 0) is 0 Å². The maximum absolute atomic E-state index is 3.20. The van der Waals surface area contributed by atoms with Crippen molar-refractivity contribution >= 4 is 18.2 Å². The van der Waals surface area contributed by atoms with E-state index in [4.69, 9.17) is 0 Å². The van der Waals surface area contributed by atoms with E-state index in [9.17, 15) is 0 Å². The summed E-state index contributed by atoms with van der Waals surface area (Å²) in [5.41, 5.74) is 2.54. The molecule has 12 heavy (non-hydrogen) atoms. The van der Waals surface area contributed by atoms with Gasteiger partial charge in [0.25, 0.3) is 0 Å². The molecule has 1 radical (unpaired) electrons. The molecule has 0 N–H and O–H groups in total. The third kappa shape index (κ3) is 0.668. The molecule has 0 bridgehead atoms. The fourth-order valence-electron chi connectivity index (χ4n) is 1.68. The van der Waals surface area contributed by atoms with Gasteiger partial charge in [-0.1, -0.05) is 30.4 Å². The number of hydrogen-bond acceptors (Lipinski definition) is 0. The fraction of sp³-hybridized carbons (Fsp3) is 0. The summed E-state index contributed by atoms with van der Waals surface area (Å²) in [6, 6.07) is 4.39. The minimum Gasteiger partial charge on any atom is -0.0610 e. The van der Waals surface area contributed by atoms with Crippen LogP contribution in [0, 0.1) is 6.08 Å². The van der Waals surface area contributed by atoms with E-state index < -0.39 is 0 Å². The molecule has 0 spiro atoms. The summed E-state index contributed by atoms with van der Waals surface area (Å²) in [4.78, 5) is 0. The molecule has 0 saturated carbocycles. The van der Waals surface area contributed by atoms with Crippen molar-refractivity contribution in [2.45, 2.75) is 0 Å². The van der Waals surface area contributed by atoms with Crippen LogP contribution in [0.2, 0.25) is 0 Å². The maximum atomic E-state index is 3.20. The van der Waals surface area contributed by atoms with Crippen LogP contribution < -0.4 is 10.4 Å². The highest BCUT2D eigenvalue weighted by molar-refractivity contribution is 5.68. The molecule has 0 unspecified atom stereocenters. The van der Waals surface area contributed by atoms with E-state index in [2.05, 4.69) is 42.5 Å². The third-order valence-corrected chi connectivity index (χ3v) is 2.31. The van der Waals surface area contributed by atoms with Gasteiger partial charge in [0.1, 0.15) is 0 Å². The molecule has 0 fully saturated rings. The van der Waals surface area contributed by atoms with Gasteiger partial charge in [0, 0.05) is 0 Å². The summed E-state index contributed by atoms with van der Waals surface area (Å²) < 4.78 is 0. The molecule has 3 rings (SSSR count). The van der Waals surface area contributed by atoms with Crippen LogP contribution >= 0.6 is 0 Å². The Labute approximate surface area is 70.9 Å². The van der Waals surface area contributed by atoms with Gasteiger partial charge in [-0.05, 0) is 39.8 Å². The molecule has 2 aliphatic rings. The first-order chi connectivity index (χ1) is 5.93. The molecule has 0 aromatic heterocycles. The summed E-state index contributed by atoms with van der Waals surface area (Å²) in [6.45, 7) is 0. The summed E-state index contributed by atoms with van der Waals surface area (Å²) in [6.07, 6.45) is 13.6. The Morgan fingerprint density at radius 2 is 2.00 bits per heavy atom. The number of allylic oxidation sites excluding steroid dienone is 2. The number of fused-ring (bicyclic) bond motifs is 2. The maximum Gasteiger partial charge on any atom is -0.00987 e. The lowest BCUT2D eigenvalue weighted by atomic mass is 10.1. The van der Waals surface area contributed by atoms with E-state index in [0.717, 1.165) is 0 Å². The zero-order valence-electron chi connectivity index (χ0n) is 6.54. The Balaban J connectivity index is 2.50. The monoisotopic (exact) mass is 151 g/mol. The van der Waals surface area contributed by atoms with E-state index >= 15 is 0 Å². The van der Waals surface area contributed by atoms with Gasteiger partial charge in [-0.3, -0.25) is 0 Å². The van der Waals surface area contributed by atoms with Crippen LogP contribution in [0.3, 0.4) is 0 Å². The van der Waals surface area contributed by atoms with Crippen molar-refractivity contribution in [2.75, 3.05) is 0 Å². The SMILES string of the molecule is [C]1=CC=c2cc3c(cc21)=CC=C3. The normalized spacial score (nSPS) is 15.3. The minimum atomic E-state index is 1.22. The van der Waals surface area contributed by atoms with Crippen LogP contribution in [0.15, 0.2) is 24.3 Å². The Bertz CT molecular complexity index is 464. The lowest BCUT2D eigenvalue weighted by molar-refractivity contribution is 1.47. The lowest BCUT2D eigenvalue weighted by Crippen LogP contribution is -2.12. The summed E-state index contributed by atoms with van der Waals surface area (Å²) in [5.74, 6) is 0. The second-order valence-corrected chi connectivity index (χ2v) is 3.07. The topological polar surface area (TPSA) is 0 Å². The number of benzene rings is 1. The predicted octanol–water partition coefficient (Wildman–Crippen LogP) is 0.995. The highest BCUT2D eigenvalue weighted by atomic mass is 14.1. The molecule has 0 atom stereocenters. The first kappa shape index (κ1) is 6.01. The van der Waals surface area contributed by atoms with Crippen molar-refractivity contribution < 1.29 is 0 Å². The quantitative estimate of drug-likeness (QED) is 0.519. The van der Waals surface area contributed by atoms with Crippen LogP contribution in [0.4, 0.5) is 0 Å². The van der Waals surface area contributed by atoms with Crippen molar-refractivity contribution in [1.82, 2.24) is 0 Å². The molecular weight excluding hydrogens is 144 g/mol. The molecule has 0 heteroatoms. The summed E-state index contributed by atoms with van der Waals surface area (Å²) in [5, 5.41) is 2.60. The Morgan fingerprint density at radius 1 is 1.00 bits per heavy atom. The smallest absolute Gasteiger partial charge is 0.00987 e. The molecule has 55 valence electrons. The predicted molar refractivity (Wildman–Crippen MR) is 50.6 cm³/mol. The molecule has 1 aromatic rings. The van der Waals surface area contributed by atoms with Crippen LogP contribution in [0.1, 0.15) is 11.1 Å². The van der Waals surface area contributed by atoms with Gasteiger partial charge < -0.3 is 0 Å². The number of rotatable bonds is 0. The molecule has 0 saturated heterocycles. The van der Waals surface area contributed by atoms with Crippen molar-refractivity contribution in [1.29, 1.82) is 0 Å². The summed E-state index contributed by atoms with van der Waals surface area (Å²) >= 11 is 0. The van der Waals surface area contributed by atoms with Gasteiger partial charge in [-0.25, -0.2) is 0 Å². The molecule has 0 heterocycles. The van der Waals surface area contributed by atoms with E-state index in [1.54, 1.807) is 0 Å². The zero-order valence-corrected chi connectivity index (χ0v) is 6.54. The Kier molecular flexibility index (Phi) is 0.991. The van der Waals surface area contributed by atoms with Gasteiger partial charge in [-0.15, -0.1) is 0 Å². The Hall–Kier alpha value is -1.56. The van der Waals surface area contributed by atoms with Crippen molar-refractivity contribution in [3.05, 3.63) is 51.9 Å². The second-order valence-electron chi connectivity index (χ2n) is 3.07. The van der Waals surface area contributed by atoms with Gasteiger partial charge in [0.15, 0.2) is 0 Å². The van der Waals surface area contributed by atoms with Crippen LogP contribution in [0.25, 0.3) is 18.2 Å². The van der Waals surface area contributed by atoms with E-state index in [1.807, 2.05) is 6.08 Å². The van der Waals surface area contributed by atoms with Crippen LogP contribution in [-0.4, -0.2) is 0 Å². The summed E-state index contributed by atoms with van der Waals surface area (Å²) in [7, 11) is 0. The minimum absolute atomic E-state index is 1.22. The molecule has 2 aliphatic carbocycles. The van der Waals surface area contributed by atoms with Gasteiger partial charge in [0.05, 0.1) is 0 Å². The zero-order chi connectivity index (χ0) is 7.97. The van der Waals surface area contributed by atoms with Gasteiger partial charge in [0.2, 0.25) is 0 Å². The first-order valence-electron chi connectivity index (χ1n) is 4.06. The van der Waals surface area contributed by atoms with Crippen molar-refractivity contribution in [3.63, 3.8) is 0 Å². The average Bonchev–Trinajstić information content (AvgIpc) is 2.64. The molecule has 1 aromatic carbocycles. The van der Waals surface area contributed by atoms with E-state index in [-0.39, 0.29) is 0 Å². The standard InChI is InChI=1S/C12H7/c1-3-9-7-11-5-2-6-12(11)8-10(9)4-1/h1-5,7-8H.